The average Bonchev–Trinajstić information content (AvgIpc) is 0. The molecule has 0 aliphatic carbocycles. The van der Waals surface area contributed by atoms with Crippen LogP contribution in [-0.2, 0) is 61.6 Å². The zero-order valence-electron chi connectivity index (χ0n) is 1.08. The molecule has 0 spiro atoms. The van der Waals surface area contributed by atoms with Gasteiger partial charge in [0.05, 0.1) is 0 Å². The van der Waals surface area contributed by atoms with Gasteiger partial charge in [-0.15, -0.1) is 0 Å². The fourth-order valence-corrected chi connectivity index (χ4v) is 0. The second-order valence-electron chi connectivity index (χ2n) is 0. The topological polar surface area (TPSA) is 0 Å². The van der Waals surface area contributed by atoms with Gasteiger partial charge in [0, 0.05) is 61.6 Å². The van der Waals surface area contributed by atoms with Crippen molar-refractivity contribution in [3.8, 4) is 0 Å². The molecule has 0 N–H and O–H groups in total. The summed E-state index contributed by atoms with van der Waals surface area (Å²) >= 11 is 0. The quantitative estimate of drug-likeness (QED) is 0.516. The summed E-state index contributed by atoms with van der Waals surface area (Å²) in [5.41, 5.74) is 0. The van der Waals surface area contributed by atoms with Crippen molar-refractivity contribution >= 4 is 0 Å². The van der Waals surface area contributed by atoms with Crippen molar-refractivity contribution in [3.05, 3.63) is 0 Å². The molecule has 0 heterocycles. The maximum Gasteiger partial charge on any atom is 0 e. The molecule has 0 bridgehead atoms. The molecule has 0 saturated carbocycles. The van der Waals surface area contributed by atoms with Crippen LogP contribution < -0.4 is 0 Å². The Balaban J connectivity index is 0. The van der Waals surface area contributed by atoms with E-state index in [1.807, 2.05) is 0 Å². The first-order chi connectivity index (χ1) is 0. The van der Waals surface area contributed by atoms with Crippen LogP contribution in [0.2, 0.25) is 0 Å². The molecule has 4 heavy (non-hydrogen) atoms. The summed E-state index contributed by atoms with van der Waals surface area (Å²) in [5.74, 6) is 0. The first-order valence-electron chi connectivity index (χ1n) is 0. The van der Waals surface area contributed by atoms with Crippen molar-refractivity contribution in [2.75, 3.05) is 0 Å². The summed E-state index contributed by atoms with van der Waals surface area (Å²) in [7, 11) is 0. The van der Waals surface area contributed by atoms with Crippen LogP contribution in [-0.4, -0.2) is 0 Å². The van der Waals surface area contributed by atoms with Crippen LogP contribution in [0, 0.1) is 0 Å². The third-order valence-corrected chi connectivity index (χ3v) is 0. The van der Waals surface area contributed by atoms with E-state index in [0.29, 0.717) is 0 Å². The third kappa shape index (κ3) is 9.00. The molecule has 0 radical (unpaired) electrons. The zero-order chi connectivity index (χ0) is 0. The molecule has 0 atom stereocenters. The van der Waals surface area contributed by atoms with Gasteiger partial charge in [-0.2, -0.15) is 0 Å². The fourth-order valence-electron chi connectivity index (χ4n) is 0. The number of hydrogen-bond donors (Lipinski definition) is 0. The Kier molecular flexibility index (Phi) is 188. The van der Waals surface area contributed by atoms with E-state index in [-0.39, 0.29) is 69.0 Å². The molecule has 0 aromatic rings. The van der Waals surface area contributed by atoms with Gasteiger partial charge >= 0.3 is 0 Å². The molecule has 32 valence electrons. The fraction of sp³-hybridized carbons (Fsp3) is 1.00. The third-order valence-electron chi connectivity index (χ3n) is 0. The van der Waals surface area contributed by atoms with Crippen molar-refractivity contribution in [1.82, 2.24) is 0 Å². The van der Waals surface area contributed by atoms with Crippen LogP contribution in [0.15, 0.2) is 0 Å². The Bertz CT molecular complexity index is 8.00. The Labute approximate surface area is 68.4 Å². The van der Waals surface area contributed by atoms with E-state index in [1.54, 1.807) is 0 Å². The van der Waals surface area contributed by atoms with Gasteiger partial charge in [-0.05, 0) is 0 Å². The van der Waals surface area contributed by atoms with Crippen molar-refractivity contribution < 1.29 is 61.6 Å². The Morgan fingerprint density at radius 2 is 1.00 bits per heavy atom. The standard InChI is InChI=1S/CH4.Mo.Pt.Ru/h1H4;;;. The van der Waals surface area contributed by atoms with Crippen LogP contribution in [0.1, 0.15) is 7.43 Å². The van der Waals surface area contributed by atoms with E-state index < -0.39 is 0 Å². The molecule has 0 nitrogen and oxygen atoms in total. The molecular formula is CH4MoPtRu. The zero-order valence-corrected chi connectivity index (χ0v) is 7.10. The van der Waals surface area contributed by atoms with E-state index in [9.17, 15) is 0 Å². The maximum absolute atomic E-state index is 0. The van der Waals surface area contributed by atoms with Crippen molar-refractivity contribution in [2.24, 2.45) is 0 Å². The molecule has 0 saturated heterocycles. The monoisotopic (exact) mass is 411 g/mol. The number of rotatable bonds is 0. The molecule has 0 aromatic heterocycles. The summed E-state index contributed by atoms with van der Waals surface area (Å²) in [4.78, 5) is 0. The normalized spacial score (nSPS) is 0. The summed E-state index contributed by atoms with van der Waals surface area (Å²) in [6, 6.07) is 0. The van der Waals surface area contributed by atoms with Gasteiger partial charge < -0.3 is 0 Å². The molecule has 3 heteroatoms. The molecule has 0 aliphatic rings. The Hall–Kier alpha value is 2.00. The van der Waals surface area contributed by atoms with Gasteiger partial charge in [0.2, 0.25) is 0 Å². The Morgan fingerprint density at radius 1 is 1.00 bits per heavy atom. The van der Waals surface area contributed by atoms with Gasteiger partial charge in [0.1, 0.15) is 0 Å². The molecule has 0 rings (SSSR count). The largest absolute Gasteiger partial charge is 0.0776 e. The van der Waals surface area contributed by atoms with E-state index in [0.717, 1.165) is 0 Å². The van der Waals surface area contributed by atoms with E-state index in [1.165, 1.54) is 0 Å². The smallest absolute Gasteiger partial charge is 0 e. The van der Waals surface area contributed by atoms with Gasteiger partial charge in [0.15, 0.2) is 0 Å². The molecule has 0 aliphatic heterocycles. The van der Waals surface area contributed by atoms with E-state index >= 15 is 0 Å². The van der Waals surface area contributed by atoms with Gasteiger partial charge in [-0.3, -0.25) is 0 Å². The van der Waals surface area contributed by atoms with Gasteiger partial charge in [-0.25, -0.2) is 0 Å². The predicted molar refractivity (Wildman–Crippen MR) is 6.73 cm³/mol. The van der Waals surface area contributed by atoms with Gasteiger partial charge in [-0.1, -0.05) is 7.43 Å². The van der Waals surface area contributed by atoms with Crippen LogP contribution in [0.5, 0.6) is 0 Å². The molecular weight excluding hydrogens is 404 g/mol. The summed E-state index contributed by atoms with van der Waals surface area (Å²) in [6.07, 6.45) is 0. The predicted octanol–water partition coefficient (Wildman–Crippen LogP) is 0.629. The second kappa shape index (κ2) is 20.0. The molecule has 0 amide bonds. The summed E-state index contributed by atoms with van der Waals surface area (Å²) < 4.78 is 0. The second-order valence-corrected chi connectivity index (χ2v) is 0. The SMILES string of the molecule is C.[Mo].[Pt].[Ru]. The number of hydrogen-bond acceptors (Lipinski definition) is 0. The molecule has 0 fully saturated rings. The van der Waals surface area contributed by atoms with Crippen LogP contribution in [0.4, 0.5) is 0 Å². The molecule has 0 unspecified atom stereocenters. The van der Waals surface area contributed by atoms with Gasteiger partial charge in [0.25, 0.3) is 0 Å². The van der Waals surface area contributed by atoms with Crippen LogP contribution in [0.3, 0.4) is 0 Å². The molecule has 0 aromatic carbocycles. The summed E-state index contributed by atoms with van der Waals surface area (Å²) in [5, 5.41) is 0. The minimum Gasteiger partial charge on any atom is -0.0776 e. The Morgan fingerprint density at radius 3 is 1.00 bits per heavy atom. The first-order valence-corrected chi connectivity index (χ1v) is 0. The summed E-state index contributed by atoms with van der Waals surface area (Å²) in [6.45, 7) is 0. The van der Waals surface area contributed by atoms with E-state index in [4.69, 9.17) is 0 Å². The van der Waals surface area contributed by atoms with E-state index in [2.05, 4.69) is 0 Å². The van der Waals surface area contributed by atoms with Crippen molar-refractivity contribution in [3.63, 3.8) is 0 Å². The maximum atomic E-state index is 0. The minimum atomic E-state index is 0. The first kappa shape index (κ1) is 37.5. The van der Waals surface area contributed by atoms with Crippen LogP contribution in [0.25, 0.3) is 0 Å². The average molecular weight is 408 g/mol. The van der Waals surface area contributed by atoms with Crippen LogP contribution >= 0.6 is 0 Å². The van der Waals surface area contributed by atoms with Crippen molar-refractivity contribution in [2.45, 2.75) is 7.43 Å². The minimum absolute atomic E-state index is 0. The van der Waals surface area contributed by atoms with Crippen molar-refractivity contribution in [1.29, 1.82) is 0 Å².